The maximum atomic E-state index is 12.5. The second-order valence-electron chi connectivity index (χ2n) is 5.16. The van der Waals surface area contributed by atoms with Gasteiger partial charge in [-0.2, -0.15) is 0 Å². The van der Waals surface area contributed by atoms with Gasteiger partial charge in [-0.15, -0.1) is 0 Å². The molecule has 1 atom stereocenters. The van der Waals surface area contributed by atoms with Crippen LogP contribution in [0.1, 0.15) is 27.2 Å². The van der Waals surface area contributed by atoms with E-state index in [1.165, 1.54) is 0 Å². The van der Waals surface area contributed by atoms with E-state index in [9.17, 15) is 4.79 Å². The maximum absolute atomic E-state index is 12.5. The standard InChI is InChI=1S/C13H27N3O2/c1-11(2)16(7-4-10-17)13(18)12(3)15-8-5-14-6-9-15/h11-12,14,17H,4-10H2,1-3H3. The molecule has 18 heavy (non-hydrogen) atoms. The van der Waals surface area contributed by atoms with Gasteiger partial charge in [0.05, 0.1) is 6.04 Å². The summed E-state index contributed by atoms with van der Waals surface area (Å²) in [6.45, 7) is 10.6. The van der Waals surface area contributed by atoms with Crippen LogP contribution in [0.4, 0.5) is 0 Å². The van der Waals surface area contributed by atoms with Crippen molar-refractivity contribution < 1.29 is 9.90 Å². The predicted molar refractivity (Wildman–Crippen MR) is 72.5 cm³/mol. The van der Waals surface area contributed by atoms with E-state index in [1.807, 2.05) is 25.7 Å². The molecular formula is C13H27N3O2. The Kier molecular flexibility index (Phi) is 6.60. The number of rotatable bonds is 6. The number of amides is 1. The van der Waals surface area contributed by atoms with E-state index >= 15 is 0 Å². The highest BCUT2D eigenvalue weighted by Gasteiger charge is 2.27. The van der Waals surface area contributed by atoms with Crippen molar-refractivity contribution >= 4 is 5.91 Å². The van der Waals surface area contributed by atoms with E-state index < -0.39 is 0 Å². The van der Waals surface area contributed by atoms with Gasteiger partial charge >= 0.3 is 0 Å². The lowest BCUT2D eigenvalue weighted by Gasteiger charge is -2.36. The molecule has 0 bridgehead atoms. The first kappa shape index (κ1) is 15.4. The van der Waals surface area contributed by atoms with Crippen LogP contribution in [0.25, 0.3) is 0 Å². The molecule has 1 aliphatic rings. The number of hydrogen-bond acceptors (Lipinski definition) is 4. The van der Waals surface area contributed by atoms with Crippen molar-refractivity contribution in [1.29, 1.82) is 0 Å². The van der Waals surface area contributed by atoms with E-state index in [0.717, 1.165) is 26.2 Å². The minimum Gasteiger partial charge on any atom is -0.396 e. The van der Waals surface area contributed by atoms with Gasteiger partial charge in [0.2, 0.25) is 5.91 Å². The van der Waals surface area contributed by atoms with Crippen LogP contribution in [0.2, 0.25) is 0 Å². The third-order valence-electron chi connectivity index (χ3n) is 3.52. The van der Waals surface area contributed by atoms with Gasteiger partial charge in [0.25, 0.3) is 0 Å². The van der Waals surface area contributed by atoms with Crippen molar-refractivity contribution in [1.82, 2.24) is 15.1 Å². The lowest BCUT2D eigenvalue weighted by molar-refractivity contribution is -0.138. The Hall–Kier alpha value is -0.650. The predicted octanol–water partition coefficient (Wildman–Crippen LogP) is -0.100. The molecule has 1 rings (SSSR count). The highest BCUT2D eigenvalue weighted by atomic mass is 16.3. The van der Waals surface area contributed by atoms with Gasteiger partial charge < -0.3 is 15.3 Å². The summed E-state index contributed by atoms with van der Waals surface area (Å²) in [4.78, 5) is 16.6. The average molecular weight is 257 g/mol. The van der Waals surface area contributed by atoms with Crippen LogP contribution in [-0.4, -0.2) is 72.2 Å². The van der Waals surface area contributed by atoms with E-state index in [2.05, 4.69) is 10.2 Å². The van der Waals surface area contributed by atoms with Crippen LogP contribution in [-0.2, 0) is 4.79 Å². The van der Waals surface area contributed by atoms with E-state index in [4.69, 9.17) is 5.11 Å². The summed E-state index contributed by atoms with van der Waals surface area (Å²) < 4.78 is 0. The number of hydrogen-bond donors (Lipinski definition) is 2. The van der Waals surface area contributed by atoms with E-state index in [0.29, 0.717) is 13.0 Å². The quantitative estimate of drug-likeness (QED) is 0.698. The second kappa shape index (κ2) is 7.71. The molecule has 0 aliphatic carbocycles. The topological polar surface area (TPSA) is 55.8 Å². The number of carbonyl (C=O) groups is 1. The van der Waals surface area contributed by atoms with Crippen molar-refractivity contribution in [2.75, 3.05) is 39.3 Å². The number of nitrogens with zero attached hydrogens (tertiary/aromatic N) is 2. The monoisotopic (exact) mass is 257 g/mol. The lowest BCUT2D eigenvalue weighted by atomic mass is 10.1. The van der Waals surface area contributed by atoms with Gasteiger partial charge in [-0.1, -0.05) is 0 Å². The molecule has 1 amide bonds. The second-order valence-corrected chi connectivity index (χ2v) is 5.16. The van der Waals surface area contributed by atoms with Crippen molar-refractivity contribution in [3.63, 3.8) is 0 Å². The summed E-state index contributed by atoms with van der Waals surface area (Å²) in [5, 5.41) is 12.2. The molecule has 0 radical (unpaired) electrons. The van der Waals surface area contributed by atoms with Crippen LogP contribution >= 0.6 is 0 Å². The van der Waals surface area contributed by atoms with Gasteiger partial charge in [-0.05, 0) is 27.2 Å². The van der Waals surface area contributed by atoms with Crippen LogP contribution in [0, 0.1) is 0 Å². The third-order valence-corrected chi connectivity index (χ3v) is 3.52. The van der Waals surface area contributed by atoms with Crippen LogP contribution in [0.3, 0.4) is 0 Å². The molecule has 0 aromatic heterocycles. The molecule has 1 fully saturated rings. The summed E-state index contributed by atoms with van der Waals surface area (Å²) >= 11 is 0. The maximum Gasteiger partial charge on any atom is 0.239 e. The summed E-state index contributed by atoms with van der Waals surface area (Å²) in [5.74, 6) is 0.181. The SMILES string of the molecule is CC(C(=O)N(CCCO)C(C)C)N1CCNCC1. The summed E-state index contributed by atoms with van der Waals surface area (Å²) in [7, 11) is 0. The Balaban J connectivity index is 2.57. The zero-order valence-corrected chi connectivity index (χ0v) is 11.9. The minimum absolute atomic E-state index is 0.0619. The van der Waals surface area contributed by atoms with Crippen LogP contribution in [0.15, 0.2) is 0 Å². The van der Waals surface area contributed by atoms with Gasteiger partial charge in [0, 0.05) is 45.4 Å². The molecule has 1 saturated heterocycles. The highest BCUT2D eigenvalue weighted by molar-refractivity contribution is 5.81. The van der Waals surface area contributed by atoms with Crippen LogP contribution in [0.5, 0.6) is 0 Å². The lowest BCUT2D eigenvalue weighted by Crippen LogP contribution is -2.54. The summed E-state index contributed by atoms with van der Waals surface area (Å²) in [6, 6.07) is 0.127. The molecule has 0 spiro atoms. The van der Waals surface area contributed by atoms with Gasteiger partial charge in [-0.25, -0.2) is 0 Å². The molecule has 106 valence electrons. The minimum atomic E-state index is -0.0619. The largest absolute Gasteiger partial charge is 0.396 e. The van der Waals surface area contributed by atoms with Gasteiger partial charge in [0.15, 0.2) is 0 Å². The molecule has 0 aromatic rings. The number of carbonyl (C=O) groups excluding carboxylic acids is 1. The highest BCUT2D eigenvalue weighted by Crippen LogP contribution is 2.09. The number of nitrogens with one attached hydrogen (secondary N) is 1. The Labute approximate surface area is 110 Å². The molecule has 0 saturated carbocycles. The fourth-order valence-corrected chi connectivity index (χ4v) is 2.33. The first-order valence-electron chi connectivity index (χ1n) is 6.94. The number of piperazine rings is 1. The van der Waals surface area contributed by atoms with Gasteiger partial charge in [0.1, 0.15) is 0 Å². The Morgan fingerprint density at radius 1 is 1.33 bits per heavy atom. The average Bonchev–Trinajstić information content (AvgIpc) is 2.38. The van der Waals surface area contributed by atoms with Crippen molar-refractivity contribution in [3.8, 4) is 0 Å². The normalized spacial score (nSPS) is 18.9. The third kappa shape index (κ3) is 4.23. The smallest absolute Gasteiger partial charge is 0.239 e. The Morgan fingerprint density at radius 2 is 1.94 bits per heavy atom. The Morgan fingerprint density at radius 3 is 2.44 bits per heavy atom. The van der Waals surface area contributed by atoms with Crippen molar-refractivity contribution in [3.05, 3.63) is 0 Å². The molecule has 0 aromatic carbocycles. The zero-order valence-electron chi connectivity index (χ0n) is 11.9. The number of aliphatic hydroxyl groups is 1. The molecule has 5 heteroatoms. The van der Waals surface area contributed by atoms with Crippen molar-refractivity contribution in [2.45, 2.75) is 39.3 Å². The van der Waals surface area contributed by atoms with Crippen LogP contribution < -0.4 is 5.32 Å². The molecule has 1 heterocycles. The molecular weight excluding hydrogens is 230 g/mol. The fourth-order valence-electron chi connectivity index (χ4n) is 2.33. The molecule has 2 N–H and O–H groups in total. The van der Waals surface area contributed by atoms with Gasteiger partial charge in [-0.3, -0.25) is 9.69 Å². The van der Waals surface area contributed by atoms with E-state index in [-0.39, 0.29) is 24.6 Å². The summed E-state index contributed by atoms with van der Waals surface area (Å²) in [6.07, 6.45) is 0.651. The first-order valence-corrected chi connectivity index (χ1v) is 6.94. The first-order chi connectivity index (χ1) is 8.57. The van der Waals surface area contributed by atoms with E-state index in [1.54, 1.807) is 0 Å². The molecule has 5 nitrogen and oxygen atoms in total. The summed E-state index contributed by atoms with van der Waals surface area (Å²) in [5.41, 5.74) is 0. The van der Waals surface area contributed by atoms with Crippen molar-refractivity contribution in [2.24, 2.45) is 0 Å². The number of aliphatic hydroxyl groups excluding tert-OH is 1. The molecule has 1 unspecified atom stereocenters. The fraction of sp³-hybridized carbons (Fsp3) is 0.923. The Bertz CT molecular complexity index is 253. The zero-order chi connectivity index (χ0) is 13.5. The molecule has 1 aliphatic heterocycles.